The minimum atomic E-state index is 0.219. The van der Waals surface area contributed by atoms with E-state index in [0.29, 0.717) is 11.8 Å². The maximum atomic E-state index is 2.49. The fourth-order valence-corrected chi connectivity index (χ4v) is 10.0. The van der Waals surface area contributed by atoms with Crippen molar-refractivity contribution in [2.45, 2.75) is 11.8 Å². The molecular formula is C56H40. The van der Waals surface area contributed by atoms with Crippen LogP contribution in [0.3, 0.4) is 0 Å². The van der Waals surface area contributed by atoms with Crippen molar-refractivity contribution in [2.75, 3.05) is 0 Å². The summed E-state index contributed by atoms with van der Waals surface area (Å²) < 4.78 is 0. The van der Waals surface area contributed by atoms with Gasteiger partial charge in [0.05, 0.1) is 0 Å². The first-order chi connectivity index (χ1) is 27.8. The Balaban J connectivity index is 1.06. The van der Waals surface area contributed by atoms with E-state index in [9.17, 15) is 0 Å². The molecule has 56 heavy (non-hydrogen) atoms. The summed E-state index contributed by atoms with van der Waals surface area (Å²) in [4.78, 5) is 0. The fourth-order valence-electron chi connectivity index (χ4n) is 10.0. The Morgan fingerprint density at radius 1 is 0.286 bits per heavy atom. The third kappa shape index (κ3) is 5.44. The molecule has 0 fully saturated rings. The maximum absolute atomic E-state index is 2.49. The molecule has 9 aromatic carbocycles. The van der Waals surface area contributed by atoms with Crippen molar-refractivity contribution in [3.8, 4) is 33.4 Å². The van der Waals surface area contributed by atoms with Crippen molar-refractivity contribution >= 4 is 32.3 Å². The second-order valence-electron chi connectivity index (χ2n) is 15.6. The molecule has 2 aliphatic rings. The van der Waals surface area contributed by atoms with Crippen LogP contribution < -0.4 is 0 Å². The minimum absolute atomic E-state index is 0.219. The highest BCUT2D eigenvalue weighted by Gasteiger charge is 2.42. The number of hydrogen-bond donors (Lipinski definition) is 0. The Bertz CT molecular complexity index is 3000. The molecule has 0 heteroatoms. The zero-order valence-corrected chi connectivity index (χ0v) is 31.1. The smallest absolute Gasteiger partial charge is 0.0161 e. The summed E-state index contributed by atoms with van der Waals surface area (Å²) in [7, 11) is 0. The lowest BCUT2D eigenvalue weighted by Gasteiger charge is -2.44. The van der Waals surface area contributed by atoms with Crippen LogP contribution in [0.4, 0.5) is 0 Å². The molecule has 4 atom stereocenters. The highest BCUT2D eigenvalue weighted by atomic mass is 14.4. The van der Waals surface area contributed by atoms with Gasteiger partial charge in [0.15, 0.2) is 0 Å². The second kappa shape index (κ2) is 13.5. The van der Waals surface area contributed by atoms with Gasteiger partial charge < -0.3 is 0 Å². The molecule has 0 radical (unpaired) electrons. The first-order valence-corrected chi connectivity index (χ1v) is 19.9. The quantitative estimate of drug-likeness (QED) is 0.167. The third-order valence-electron chi connectivity index (χ3n) is 12.5. The van der Waals surface area contributed by atoms with Gasteiger partial charge in [-0.05, 0) is 112 Å². The van der Waals surface area contributed by atoms with Crippen LogP contribution in [-0.4, -0.2) is 0 Å². The normalized spacial score (nSPS) is 18.6. The van der Waals surface area contributed by atoms with Crippen molar-refractivity contribution in [1.29, 1.82) is 0 Å². The maximum Gasteiger partial charge on any atom is 0.0161 e. The van der Waals surface area contributed by atoms with Crippen molar-refractivity contribution in [1.82, 2.24) is 0 Å². The van der Waals surface area contributed by atoms with Crippen LogP contribution in [0, 0.1) is 11.8 Å². The molecule has 0 saturated heterocycles. The number of benzene rings is 9. The van der Waals surface area contributed by atoms with Crippen LogP contribution in [0.5, 0.6) is 0 Å². The lowest BCUT2D eigenvalue weighted by Crippen LogP contribution is -2.33. The van der Waals surface area contributed by atoms with E-state index in [-0.39, 0.29) is 11.8 Å². The van der Waals surface area contributed by atoms with Crippen molar-refractivity contribution in [2.24, 2.45) is 11.8 Å². The Labute approximate surface area is 328 Å². The highest BCUT2D eigenvalue weighted by molar-refractivity contribution is 6.04. The van der Waals surface area contributed by atoms with E-state index in [0.717, 1.165) is 0 Å². The van der Waals surface area contributed by atoms with Crippen molar-refractivity contribution < 1.29 is 0 Å². The molecule has 0 heterocycles. The molecule has 11 rings (SSSR count). The van der Waals surface area contributed by atoms with Gasteiger partial charge in [0.1, 0.15) is 0 Å². The van der Waals surface area contributed by atoms with Gasteiger partial charge in [0, 0.05) is 11.8 Å². The number of rotatable bonds is 5. The average Bonchev–Trinajstić information content (AvgIpc) is 3.27. The predicted octanol–water partition coefficient (Wildman–Crippen LogP) is 14.8. The molecule has 0 aromatic heterocycles. The molecule has 0 nitrogen and oxygen atoms in total. The number of fused-ring (bicyclic) bond motifs is 5. The van der Waals surface area contributed by atoms with E-state index in [4.69, 9.17) is 0 Å². The minimum Gasteiger partial charge on any atom is -0.0799 e. The predicted molar refractivity (Wildman–Crippen MR) is 237 cm³/mol. The van der Waals surface area contributed by atoms with E-state index in [1.165, 1.54) is 88.0 Å². The summed E-state index contributed by atoms with van der Waals surface area (Å²) in [5, 5.41) is 7.63. The molecule has 0 amide bonds. The summed E-state index contributed by atoms with van der Waals surface area (Å²) in [6.07, 6.45) is 9.51. The lowest BCUT2D eigenvalue weighted by atomic mass is 9.59. The molecule has 4 unspecified atom stereocenters. The van der Waals surface area contributed by atoms with Crippen LogP contribution in [-0.2, 0) is 0 Å². The fraction of sp³-hybridized carbons (Fsp3) is 0.0714. The monoisotopic (exact) mass is 712 g/mol. The molecule has 0 N–H and O–H groups in total. The summed E-state index contributed by atoms with van der Waals surface area (Å²) in [6, 6.07) is 72.5. The standard InChI is InChI=1S/C56H40/c1-2-18-40-36-54(48-32-14-20-38-16-4-6-26-46(38)48)53(35-39(40)17-1)42-22-12-24-44(34-42)56-51-29-9-7-27-49(51)55(50-28-8-10-30-52(50)56)43-23-11-21-41(33-43)47-31-13-19-37-15-3-5-25-45(37)47/h1-36,49,51,55-56H. The molecule has 0 aliphatic heterocycles. The van der Waals surface area contributed by atoms with Gasteiger partial charge >= 0.3 is 0 Å². The first kappa shape index (κ1) is 32.7. The molecule has 2 aliphatic carbocycles. The van der Waals surface area contributed by atoms with Crippen LogP contribution >= 0.6 is 0 Å². The molecule has 0 spiro atoms. The van der Waals surface area contributed by atoms with Gasteiger partial charge in [-0.1, -0.05) is 206 Å². The second-order valence-corrected chi connectivity index (χ2v) is 15.6. The largest absolute Gasteiger partial charge is 0.0799 e. The highest BCUT2D eigenvalue weighted by Crippen LogP contribution is 2.54. The van der Waals surface area contributed by atoms with Crippen molar-refractivity contribution in [3.63, 3.8) is 0 Å². The lowest BCUT2D eigenvalue weighted by molar-refractivity contribution is 0.361. The van der Waals surface area contributed by atoms with Gasteiger partial charge in [-0.25, -0.2) is 0 Å². The zero-order valence-electron chi connectivity index (χ0n) is 31.1. The molecular weight excluding hydrogens is 673 g/mol. The third-order valence-corrected chi connectivity index (χ3v) is 12.5. The van der Waals surface area contributed by atoms with E-state index in [2.05, 4.69) is 218 Å². The Hall–Kier alpha value is -6.76. The summed E-state index contributed by atoms with van der Waals surface area (Å²) in [5.74, 6) is 1.09. The Morgan fingerprint density at radius 2 is 0.714 bits per heavy atom. The first-order valence-electron chi connectivity index (χ1n) is 19.9. The Kier molecular flexibility index (Phi) is 7.88. The molecule has 264 valence electrons. The Morgan fingerprint density at radius 3 is 1.30 bits per heavy atom. The van der Waals surface area contributed by atoms with Crippen LogP contribution in [0.2, 0.25) is 0 Å². The topological polar surface area (TPSA) is 0 Å². The number of allylic oxidation sites excluding steroid dienone is 4. The van der Waals surface area contributed by atoms with Gasteiger partial charge in [0.25, 0.3) is 0 Å². The average molecular weight is 713 g/mol. The van der Waals surface area contributed by atoms with Gasteiger partial charge in [-0.15, -0.1) is 0 Å². The molecule has 0 bridgehead atoms. The van der Waals surface area contributed by atoms with Crippen LogP contribution in [0.25, 0.3) is 65.7 Å². The SMILES string of the molecule is C1=CC2C(c3cccc(-c4cc5ccccc5cc4-c4cccc5ccccc45)c3)c3ccccc3C(c3cccc(-c4cccc5ccccc45)c3)C2C=C1. The number of hydrogen-bond acceptors (Lipinski definition) is 0. The summed E-state index contributed by atoms with van der Waals surface area (Å²) in [5.41, 5.74) is 13.2. The van der Waals surface area contributed by atoms with E-state index < -0.39 is 0 Å². The molecule has 9 aromatic rings. The summed E-state index contributed by atoms with van der Waals surface area (Å²) >= 11 is 0. The van der Waals surface area contributed by atoms with Gasteiger partial charge in [-0.2, -0.15) is 0 Å². The van der Waals surface area contributed by atoms with Crippen LogP contribution in [0.15, 0.2) is 218 Å². The van der Waals surface area contributed by atoms with Gasteiger partial charge in [0.2, 0.25) is 0 Å². The van der Waals surface area contributed by atoms with E-state index in [1.807, 2.05) is 0 Å². The molecule has 0 saturated carbocycles. The zero-order chi connectivity index (χ0) is 37.0. The van der Waals surface area contributed by atoms with Crippen molar-refractivity contribution in [3.05, 3.63) is 241 Å². The van der Waals surface area contributed by atoms with E-state index >= 15 is 0 Å². The van der Waals surface area contributed by atoms with Gasteiger partial charge in [-0.3, -0.25) is 0 Å². The van der Waals surface area contributed by atoms with Crippen LogP contribution in [0.1, 0.15) is 34.1 Å². The summed E-state index contributed by atoms with van der Waals surface area (Å²) in [6.45, 7) is 0. The van der Waals surface area contributed by atoms with E-state index in [1.54, 1.807) is 0 Å².